The van der Waals surface area contributed by atoms with Crippen LogP contribution < -0.4 is 0 Å². The topological polar surface area (TPSA) is 23.8 Å². The predicted octanol–water partition coefficient (Wildman–Crippen LogP) is 1.48. The SMILES string of the molecule is CC1=C(C#N)C1C. The summed E-state index contributed by atoms with van der Waals surface area (Å²) in [7, 11) is 0. The van der Waals surface area contributed by atoms with Gasteiger partial charge in [-0.1, -0.05) is 12.5 Å². The van der Waals surface area contributed by atoms with Crippen molar-refractivity contribution in [2.45, 2.75) is 13.8 Å². The van der Waals surface area contributed by atoms with Gasteiger partial charge in [0.15, 0.2) is 0 Å². The first-order valence-corrected chi connectivity index (χ1v) is 2.38. The minimum Gasteiger partial charge on any atom is -0.193 e. The predicted molar refractivity (Wildman–Crippen MR) is 27.5 cm³/mol. The number of hydrogen-bond donors (Lipinski definition) is 0. The van der Waals surface area contributed by atoms with Gasteiger partial charge < -0.3 is 0 Å². The van der Waals surface area contributed by atoms with Gasteiger partial charge in [0.05, 0.1) is 6.07 Å². The highest BCUT2D eigenvalue weighted by Gasteiger charge is 2.27. The van der Waals surface area contributed by atoms with E-state index in [1.165, 1.54) is 5.57 Å². The molecule has 1 nitrogen and oxygen atoms in total. The summed E-state index contributed by atoms with van der Waals surface area (Å²) in [4.78, 5) is 0. The molecule has 0 radical (unpaired) electrons. The molecular formula is C6H7N. The van der Waals surface area contributed by atoms with E-state index in [9.17, 15) is 0 Å². The smallest absolute Gasteiger partial charge is 0.0953 e. The van der Waals surface area contributed by atoms with Crippen LogP contribution in [0.3, 0.4) is 0 Å². The third-order valence-electron chi connectivity index (χ3n) is 1.54. The molecule has 0 aromatic rings. The van der Waals surface area contributed by atoms with E-state index in [1.54, 1.807) is 0 Å². The molecule has 1 rings (SSSR count). The second-order valence-corrected chi connectivity index (χ2v) is 1.93. The molecule has 1 heteroatoms. The third kappa shape index (κ3) is 0.433. The molecule has 0 aromatic carbocycles. The quantitative estimate of drug-likeness (QED) is 0.445. The molecule has 0 saturated heterocycles. The summed E-state index contributed by atoms with van der Waals surface area (Å²) in [6, 6.07) is 2.12. The van der Waals surface area contributed by atoms with Crippen LogP contribution >= 0.6 is 0 Å². The third-order valence-corrected chi connectivity index (χ3v) is 1.54. The van der Waals surface area contributed by atoms with Gasteiger partial charge in [-0.25, -0.2) is 0 Å². The lowest BCUT2D eigenvalue weighted by Gasteiger charge is -1.71. The fraction of sp³-hybridized carbons (Fsp3) is 0.500. The van der Waals surface area contributed by atoms with Crippen molar-refractivity contribution < 1.29 is 0 Å². The monoisotopic (exact) mass is 93.1 g/mol. The average molecular weight is 93.1 g/mol. The highest BCUT2D eigenvalue weighted by molar-refractivity contribution is 5.48. The fourth-order valence-corrected chi connectivity index (χ4v) is 0.665. The normalized spacial score (nSPS) is 27.3. The Balaban J connectivity index is 2.66. The second kappa shape index (κ2) is 1.10. The van der Waals surface area contributed by atoms with Crippen molar-refractivity contribution in [2.75, 3.05) is 0 Å². The van der Waals surface area contributed by atoms with Crippen molar-refractivity contribution in [2.24, 2.45) is 5.92 Å². The Labute approximate surface area is 43.3 Å². The first-order valence-electron chi connectivity index (χ1n) is 2.38. The van der Waals surface area contributed by atoms with E-state index in [4.69, 9.17) is 5.26 Å². The molecule has 0 bridgehead atoms. The summed E-state index contributed by atoms with van der Waals surface area (Å²) in [6.45, 7) is 4.05. The van der Waals surface area contributed by atoms with Gasteiger partial charge in [0.2, 0.25) is 0 Å². The van der Waals surface area contributed by atoms with Crippen molar-refractivity contribution in [1.29, 1.82) is 5.26 Å². The number of allylic oxidation sites excluding steroid dienone is 2. The maximum absolute atomic E-state index is 8.24. The Bertz CT molecular complexity index is 160. The molecule has 1 aliphatic rings. The molecule has 0 aromatic heterocycles. The van der Waals surface area contributed by atoms with Gasteiger partial charge in [-0.2, -0.15) is 5.26 Å². The Hall–Kier alpha value is -0.770. The largest absolute Gasteiger partial charge is 0.193 e. The molecule has 0 aliphatic heterocycles. The molecule has 0 N–H and O–H groups in total. The maximum atomic E-state index is 8.24. The van der Waals surface area contributed by atoms with Crippen LogP contribution in [0.1, 0.15) is 13.8 Å². The minimum absolute atomic E-state index is 0.505. The molecule has 0 saturated carbocycles. The molecule has 1 aliphatic carbocycles. The van der Waals surface area contributed by atoms with Crippen molar-refractivity contribution in [3.63, 3.8) is 0 Å². The van der Waals surface area contributed by atoms with Crippen LogP contribution in [0.2, 0.25) is 0 Å². The van der Waals surface area contributed by atoms with Crippen molar-refractivity contribution >= 4 is 0 Å². The summed E-state index contributed by atoms with van der Waals surface area (Å²) in [5, 5.41) is 8.24. The first kappa shape index (κ1) is 4.39. The molecule has 36 valence electrons. The minimum atomic E-state index is 0.505. The zero-order chi connectivity index (χ0) is 5.44. The van der Waals surface area contributed by atoms with E-state index in [0.717, 1.165) is 5.57 Å². The molecule has 0 spiro atoms. The van der Waals surface area contributed by atoms with Crippen molar-refractivity contribution in [3.05, 3.63) is 11.1 Å². The Kier molecular flexibility index (Phi) is 0.689. The van der Waals surface area contributed by atoms with Crippen LogP contribution in [-0.2, 0) is 0 Å². The molecule has 0 fully saturated rings. The van der Waals surface area contributed by atoms with Crippen LogP contribution in [0.15, 0.2) is 11.1 Å². The van der Waals surface area contributed by atoms with Gasteiger partial charge in [0.25, 0.3) is 0 Å². The van der Waals surface area contributed by atoms with E-state index >= 15 is 0 Å². The molecule has 1 atom stereocenters. The lowest BCUT2D eigenvalue weighted by Crippen LogP contribution is -1.64. The average Bonchev–Trinajstić information content (AvgIpc) is 2.17. The zero-order valence-electron chi connectivity index (χ0n) is 4.52. The molecular weight excluding hydrogens is 86.1 g/mol. The van der Waals surface area contributed by atoms with Gasteiger partial charge in [0, 0.05) is 11.5 Å². The molecule has 0 heterocycles. The highest BCUT2D eigenvalue weighted by Crippen LogP contribution is 2.36. The number of nitrogens with zero attached hydrogens (tertiary/aromatic N) is 1. The Morgan fingerprint density at radius 3 is 2.14 bits per heavy atom. The zero-order valence-corrected chi connectivity index (χ0v) is 4.52. The van der Waals surface area contributed by atoms with Gasteiger partial charge in [-0.05, 0) is 6.92 Å². The van der Waals surface area contributed by atoms with Crippen molar-refractivity contribution in [1.82, 2.24) is 0 Å². The fourth-order valence-electron chi connectivity index (χ4n) is 0.665. The van der Waals surface area contributed by atoms with Crippen LogP contribution in [0.4, 0.5) is 0 Å². The molecule has 0 amide bonds. The van der Waals surface area contributed by atoms with E-state index in [2.05, 4.69) is 6.07 Å². The summed E-state index contributed by atoms with van der Waals surface area (Å²) < 4.78 is 0. The summed E-state index contributed by atoms with van der Waals surface area (Å²) >= 11 is 0. The van der Waals surface area contributed by atoms with Crippen LogP contribution in [0.25, 0.3) is 0 Å². The van der Waals surface area contributed by atoms with E-state index in [1.807, 2.05) is 13.8 Å². The van der Waals surface area contributed by atoms with Crippen LogP contribution in [0.5, 0.6) is 0 Å². The van der Waals surface area contributed by atoms with Crippen molar-refractivity contribution in [3.8, 4) is 6.07 Å². The van der Waals surface area contributed by atoms with Crippen LogP contribution in [-0.4, -0.2) is 0 Å². The number of hydrogen-bond acceptors (Lipinski definition) is 1. The van der Waals surface area contributed by atoms with Crippen LogP contribution in [0, 0.1) is 17.2 Å². The Morgan fingerprint density at radius 1 is 1.71 bits per heavy atom. The van der Waals surface area contributed by atoms with Gasteiger partial charge in [0.1, 0.15) is 0 Å². The Morgan fingerprint density at radius 2 is 2.14 bits per heavy atom. The highest BCUT2D eigenvalue weighted by atomic mass is 14.4. The van der Waals surface area contributed by atoms with E-state index in [-0.39, 0.29) is 0 Å². The van der Waals surface area contributed by atoms with Gasteiger partial charge in [-0.3, -0.25) is 0 Å². The van der Waals surface area contributed by atoms with E-state index < -0.39 is 0 Å². The molecule has 1 unspecified atom stereocenters. The summed E-state index contributed by atoms with van der Waals surface area (Å²) in [5.41, 5.74) is 2.25. The summed E-state index contributed by atoms with van der Waals surface area (Å²) in [6.07, 6.45) is 0. The lowest BCUT2D eigenvalue weighted by atomic mass is 10.3. The van der Waals surface area contributed by atoms with Gasteiger partial charge >= 0.3 is 0 Å². The summed E-state index contributed by atoms with van der Waals surface area (Å²) in [5.74, 6) is 0.505. The second-order valence-electron chi connectivity index (χ2n) is 1.93. The number of rotatable bonds is 0. The number of nitriles is 1. The molecule has 7 heavy (non-hydrogen) atoms. The maximum Gasteiger partial charge on any atom is 0.0953 e. The lowest BCUT2D eigenvalue weighted by molar-refractivity contribution is 1.01. The first-order chi connectivity index (χ1) is 3.27. The van der Waals surface area contributed by atoms with Gasteiger partial charge in [-0.15, -0.1) is 0 Å². The van der Waals surface area contributed by atoms with E-state index in [0.29, 0.717) is 5.92 Å². The standard InChI is InChI=1S/C6H7N/c1-4-5(2)6(4)3-7/h4H,1-2H3.